The van der Waals surface area contributed by atoms with Crippen LogP contribution in [-0.2, 0) is 13.1 Å². The maximum Gasteiger partial charge on any atom is 0.165 e. The molecule has 0 saturated carbocycles. The molecule has 0 radical (unpaired) electrons. The topological polar surface area (TPSA) is 77.5 Å². The third-order valence-electron chi connectivity index (χ3n) is 5.14. The van der Waals surface area contributed by atoms with Crippen molar-refractivity contribution < 1.29 is 0 Å². The molecule has 1 saturated heterocycles. The molecule has 0 N–H and O–H groups in total. The third kappa shape index (κ3) is 3.35. The number of imidazole rings is 1. The van der Waals surface area contributed by atoms with Crippen LogP contribution in [0.2, 0.25) is 0 Å². The summed E-state index contributed by atoms with van der Waals surface area (Å²) in [6, 6.07) is 8.57. The fourth-order valence-corrected chi connectivity index (χ4v) is 4.39. The van der Waals surface area contributed by atoms with Crippen LogP contribution in [0.15, 0.2) is 42.2 Å². The van der Waals surface area contributed by atoms with Crippen molar-refractivity contribution in [2.45, 2.75) is 32.0 Å². The Hall–Kier alpha value is -2.65. The van der Waals surface area contributed by atoms with Gasteiger partial charge in [0, 0.05) is 30.2 Å². The summed E-state index contributed by atoms with van der Waals surface area (Å²) in [5, 5.41) is 14.4. The highest BCUT2D eigenvalue weighted by Gasteiger charge is 2.23. The van der Waals surface area contributed by atoms with Crippen molar-refractivity contribution >= 4 is 22.5 Å². The standard InChI is InChI=1S/C18H20N8S/c1-4-16-18(19-7-1)25(13-20-16)14-5-8-24(9-6-14)12-17-21-22-23-26(17)11-15-3-2-10-27-15/h1-4,7,10,13-14H,5-6,8-9,11-12H2. The van der Waals surface area contributed by atoms with E-state index in [2.05, 4.69) is 52.5 Å². The number of pyridine rings is 1. The van der Waals surface area contributed by atoms with Gasteiger partial charge in [-0.25, -0.2) is 14.6 Å². The molecule has 0 aliphatic carbocycles. The van der Waals surface area contributed by atoms with Crippen LogP contribution < -0.4 is 0 Å². The lowest BCUT2D eigenvalue weighted by Crippen LogP contribution is -2.35. The Bertz CT molecular complexity index is 1010. The first kappa shape index (κ1) is 16.5. The molecule has 138 valence electrons. The van der Waals surface area contributed by atoms with Gasteiger partial charge in [-0.1, -0.05) is 6.07 Å². The molecule has 0 spiro atoms. The molecule has 4 aromatic rings. The number of thiophene rings is 1. The van der Waals surface area contributed by atoms with Gasteiger partial charge in [-0.3, -0.25) is 4.90 Å². The summed E-state index contributed by atoms with van der Waals surface area (Å²) in [7, 11) is 0. The van der Waals surface area contributed by atoms with Crippen molar-refractivity contribution in [2.75, 3.05) is 13.1 Å². The average Bonchev–Trinajstić information content (AvgIpc) is 3.45. The number of fused-ring (bicyclic) bond motifs is 1. The summed E-state index contributed by atoms with van der Waals surface area (Å²) >= 11 is 1.73. The largest absolute Gasteiger partial charge is 0.312 e. The molecular weight excluding hydrogens is 360 g/mol. The number of aromatic nitrogens is 7. The number of hydrogen-bond donors (Lipinski definition) is 0. The zero-order valence-corrected chi connectivity index (χ0v) is 15.7. The van der Waals surface area contributed by atoms with Crippen LogP contribution in [0.3, 0.4) is 0 Å². The Kier molecular flexibility index (Phi) is 4.38. The van der Waals surface area contributed by atoms with E-state index in [0.29, 0.717) is 6.04 Å². The maximum absolute atomic E-state index is 4.50. The monoisotopic (exact) mass is 380 g/mol. The van der Waals surface area contributed by atoms with Crippen LogP contribution in [0, 0.1) is 0 Å². The number of hydrogen-bond acceptors (Lipinski definition) is 7. The summed E-state index contributed by atoms with van der Waals surface area (Å²) in [6.07, 6.45) is 5.92. The van der Waals surface area contributed by atoms with Gasteiger partial charge in [0.1, 0.15) is 5.52 Å². The van der Waals surface area contributed by atoms with Gasteiger partial charge in [-0.2, -0.15) is 0 Å². The van der Waals surface area contributed by atoms with Crippen LogP contribution in [0.4, 0.5) is 0 Å². The Balaban J connectivity index is 1.23. The second kappa shape index (κ2) is 7.16. The lowest BCUT2D eigenvalue weighted by molar-refractivity contribution is 0.175. The van der Waals surface area contributed by atoms with E-state index in [-0.39, 0.29) is 0 Å². The van der Waals surface area contributed by atoms with E-state index in [1.54, 1.807) is 11.3 Å². The van der Waals surface area contributed by atoms with Crippen LogP contribution >= 0.6 is 11.3 Å². The third-order valence-corrected chi connectivity index (χ3v) is 6.00. The van der Waals surface area contributed by atoms with E-state index in [0.717, 1.165) is 56.0 Å². The van der Waals surface area contributed by atoms with Crippen LogP contribution in [0.25, 0.3) is 11.2 Å². The Morgan fingerprint density at radius 2 is 2.00 bits per heavy atom. The molecule has 4 aromatic heterocycles. The van der Waals surface area contributed by atoms with E-state index < -0.39 is 0 Å². The normalized spacial score (nSPS) is 16.3. The van der Waals surface area contributed by atoms with Gasteiger partial charge in [0.2, 0.25) is 0 Å². The van der Waals surface area contributed by atoms with Crippen molar-refractivity contribution in [1.29, 1.82) is 0 Å². The number of piperidine rings is 1. The summed E-state index contributed by atoms with van der Waals surface area (Å²) < 4.78 is 4.14. The minimum atomic E-state index is 0.447. The molecule has 5 heterocycles. The summed E-state index contributed by atoms with van der Waals surface area (Å²) in [4.78, 5) is 12.7. The SMILES string of the molecule is c1csc(Cn2nnnc2CN2CCC(n3cnc4cccnc43)CC2)c1. The molecule has 1 fully saturated rings. The first-order chi connectivity index (χ1) is 13.4. The number of nitrogens with zero attached hydrogens (tertiary/aromatic N) is 8. The van der Waals surface area contributed by atoms with Gasteiger partial charge in [0.15, 0.2) is 11.5 Å². The minimum Gasteiger partial charge on any atom is -0.312 e. The van der Waals surface area contributed by atoms with Crippen LogP contribution in [0.5, 0.6) is 0 Å². The molecule has 0 aromatic carbocycles. The van der Waals surface area contributed by atoms with Crippen molar-refractivity contribution in [3.63, 3.8) is 0 Å². The zero-order chi connectivity index (χ0) is 18.1. The molecule has 0 amide bonds. The van der Waals surface area contributed by atoms with E-state index in [4.69, 9.17) is 0 Å². The molecule has 5 rings (SSSR count). The summed E-state index contributed by atoms with van der Waals surface area (Å²) in [6.45, 7) is 3.56. The average molecular weight is 380 g/mol. The first-order valence-corrected chi connectivity index (χ1v) is 10.0. The van der Waals surface area contributed by atoms with Crippen molar-refractivity contribution in [3.8, 4) is 0 Å². The Morgan fingerprint density at radius 3 is 2.85 bits per heavy atom. The minimum absolute atomic E-state index is 0.447. The van der Waals surface area contributed by atoms with E-state index in [9.17, 15) is 0 Å². The van der Waals surface area contributed by atoms with Gasteiger partial charge in [0.25, 0.3) is 0 Å². The number of likely N-dealkylation sites (tertiary alicyclic amines) is 1. The fraction of sp³-hybridized carbons (Fsp3) is 0.389. The molecule has 1 aliphatic heterocycles. The Morgan fingerprint density at radius 1 is 1.07 bits per heavy atom. The Labute approximate surface area is 160 Å². The molecule has 1 aliphatic rings. The van der Waals surface area contributed by atoms with E-state index in [1.807, 2.05) is 29.3 Å². The quantitative estimate of drug-likeness (QED) is 0.529. The van der Waals surface area contributed by atoms with Crippen molar-refractivity contribution in [2.24, 2.45) is 0 Å². The second-order valence-corrected chi connectivity index (χ2v) is 7.87. The van der Waals surface area contributed by atoms with E-state index in [1.165, 1.54) is 4.88 Å². The van der Waals surface area contributed by atoms with Gasteiger partial charge in [-0.15, -0.1) is 16.4 Å². The molecule has 8 nitrogen and oxygen atoms in total. The molecule has 0 atom stereocenters. The van der Waals surface area contributed by atoms with Gasteiger partial charge < -0.3 is 4.57 Å². The molecular formula is C18H20N8S. The highest BCUT2D eigenvalue weighted by molar-refractivity contribution is 7.09. The van der Waals surface area contributed by atoms with Gasteiger partial charge >= 0.3 is 0 Å². The number of tetrazole rings is 1. The van der Waals surface area contributed by atoms with Gasteiger partial charge in [-0.05, 0) is 46.8 Å². The molecule has 27 heavy (non-hydrogen) atoms. The van der Waals surface area contributed by atoms with Gasteiger partial charge in [0.05, 0.1) is 19.4 Å². The van der Waals surface area contributed by atoms with Crippen molar-refractivity contribution in [3.05, 3.63) is 52.9 Å². The highest BCUT2D eigenvalue weighted by Crippen LogP contribution is 2.26. The maximum atomic E-state index is 4.50. The van der Waals surface area contributed by atoms with Crippen LogP contribution in [-0.4, -0.2) is 52.7 Å². The molecule has 9 heteroatoms. The lowest BCUT2D eigenvalue weighted by Gasteiger charge is -2.32. The molecule has 0 bridgehead atoms. The first-order valence-electron chi connectivity index (χ1n) is 9.14. The predicted octanol–water partition coefficient (Wildman–Crippen LogP) is 2.36. The van der Waals surface area contributed by atoms with Crippen LogP contribution in [0.1, 0.15) is 29.6 Å². The van der Waals surface area contributed by atoms with E-state index >= 15 is 0 Å². The lowest BCUT2D eigenvalue weighted by atomic mass is 10.0. The molecule has 0 unspecified atom stereocenters. The van der Waals surface area contributed by atoms with Crippen molar-refractivity contribution in [1.82, 2.24) is 39.6 Å². The second-order valence-electron chi connectivity index (χ2n) is 6.84. The summed E-state index contributed by atoms with van der Waals surface area (Å²) in [5.41, 5.74) is 1.95. The fourth-order valence-electron chi connectivity index (χ4n) is 3.70. The predicted molar refractivity (Wildman–Crippen MR) is 102 cm³/mol. The zero-order valence-electron chi connectivity index (χ0n) is 14.8. The number of rotatable bonds is 5. The summed E-state index contributed by atoms with van der Waals surface area (Å²) in [5.74, 6) is 0.927. The highest BCUT2D eigenvalue weighted by atomic mass is 32.1. The smallest absolute Gasteiger partial charge is 0.165 e.